The van der Waals surface area contributed by atoms with Gasteiger partial charge in [0.1, 0.15) is 5.82 Å². The van der Waals surface area contributed by atoms with Crippen LogP contribution < -0.4 is 5.32 Å². The molecule has 0 unspecified atom stereocenters. The molecule has 0 aromatic heterocycles. The number of rotatable bonds is 4. The molecule has 2 aromatic carbocycles. The maximum atomic E-state index is 12.7. The highest BCUT2D eigenvalue weighted by Gasteiger charge is 2.03. The minimum atomic E-state index is -0.190. The van der Waals surface area contributed by atoms with Crippen molar-refractivity contribution in [2.75, 3.05) is 0 Å². The Labute approximate surface area is 101 Å². The zero-order valence-corrected chi connectivity index (χ0v) is 9.86. The minimum absolute atomic E-state index is 0.190. The van der Waals surface area contributed by atoms with Crippen molar-refractivity contribution in [3.63, 3.8) is 0 Å². The van der Waals surface area contributed by atoms with E-state index < -0.39 is 0 Å². The van der Waals surface area contributed by atoms with Gasteiger partial charge in [-0.3, -0.25) is 0 Å². The van der Waals surface area contributed by atoms with Gasteiger partial charge >= 0.3 is 0 Å². The standard InChI is InChI=1S/C15H16FN/c1-12(14-5-3-2-4-6-14)17-11-13-7-9-15(16)10-8-13/h2-10,12,17H,11H2,1H3/t12-/m1/s1. The molecule has 0 saturated heterocycles. The Morgan fingerprint density at radius 2 is 1.65 bits per heavy atom. The lowest BCUT2D eigenvalue weighted by atomic mass is 10.1. The van der Waals surface area contributed by atoms with Gasteiger partial charge in [0.25, 0.3) is 0 Å². The molecular formula is C15H16FN. The molecule has 0 radical (unpaired) electrons. The number of nitrogens with one attached hydrogen (secondary N) is 1. The molecule has 0 amide bonds. The van der Waals surface area contributed by atoms with Crippen LogP contribution in [0.1, 0.15) is 24.1 Å². The molecule has 1 nitrogen and oxygen atoms in total. The van der Waals surface area contributed by atoms with E-state index in [2.05, 4.69) is 24.4 Å². The molecule has 0 bridgehead atoms. The van der Waals surface area contributed by atoms with E-state index in [9.17, 15) is 4.39 Å². The summed E-state index contributed by atoms with van der Waals surface area (Å²) in [6.07, 6.45) is 0. The van der Waals surface area contributed by atoms with E-state index in [1.54, 1.807) is 12.1 Å². The summed E-state index contributed by atoms with van der Waals surface area (Å²) < 4.78 is 12.7. The first kappa shape index (κ1) is 11.8. The van der Waals surface area contributed by atoms with Crippen molar-refractivity contribution in [1.82, 2.24) is 5.32 Å². The van der Waals surface area contributed by atoms with Gasteiger partial charge in [0, 0.05) is 12.6 Å². The molecule has 0 heterocycles. The van der Waals surface area contributed by atoms with Crippen LogP contribution in [0.4, 0.5) is 4.39 Å². The number of hydrogen-bond acceptors (Lipinski definition) is 1. The zero-order valence-electron chi connectivity index (χ0n) is 9.86. The minimum Gasteiger partial charge on any atom is -0.306 e. The van der Waals surface area contributed by atoms with E-state index >= 15 is 0 Å². The van der Waals surface area contributed by atoms with E-state index in [1.165, 1.54) is 17.7 Å². The summed E-state index contributed by atoms with van der Waals surface area (Å²) in [6.45, 7) is 2.87. The van der Waals surface area contributed by atoms with Gasteiger partial charge < -0.3 is 5.32 Å². The van der Waals surface area contributed by atoms with Gasteiger partial charge in [-0.1, -0.05) is 42.5 Å². The summed E-state index contributed by atoms with van der Waals surface area (Å²) in [5.74, 6) is -0.190. The smallest absolute Gasteiger partial charge is 0.123 e. The lowest BCUT2D eigenvalue weighted by molar-refractivity contribution is 0.573. The Morgan fingerprint density at radius 3 is 2.29 bits per heavy atom. The molecule has 88 valence electrons. The maximum Gasteiger partial charge on any atom is 0.123 e. The summed E-state index contributed by atoms with van der Waals surface area (Å²) in [5.41, 5.74) is 2.35. The molecular weight excluding hydrogens is 213 g/mol. The Morgan fingerprint density at radius 1 is 1.00 bits per heavy atom. The Bertz CT molecular complexity index is 450. The first-order valence-electron chi connectivity index (χ1n) is 5.78. The first-order valence-corrected chi connectivity index (χ1v) is 5.78. The van der Waals surface area contributed by atoms with Crippen molar-refractivity contribution in [3.8, 4) is 0 Å². The molecule has 2 heteroatoms. The molecule has 0 aliphatic heterocycles. The SMILES string of the molecule is C[C@@H](NCc1ccc(F)cc1)c1ccccc1. The summed E-state index contributed by atoms with van der Waals surface area (Å²) in [7, 11) is 0. The van der Waals surface area contributed by atoms with Gasteiger partial charge in [-0.05, 0) is 30.2 Å². The van der Waals surface area contributed by atoms with Crippen LogP contribution in [-0.2, 0) is 6.54 Å². The summed E-state index contributed by atoms with van der Waals surface area (Å²) in [5, 5.41) is 3.41. The fourth-order valence-corrected chi connectivity index (χ4v) is 1.73. The molecule has 1 atom stereocenters. The quantitative estimate of drug-likeness (QED) is 0.843. The van der Waals surface area contributed by atoms with Crippen molar-refractivity contribution in [1.29, 1.82) is 0 Å². The second kappa shape index (κ2) is 5.60. The normalized spacial score (nSPS) is 12.4. The Balaban J connectivity index is 1.92. The molecule has 0 spiro atoms. The first-order chi connectivity index (χ1) is 8.25. The second-order valence-corrected chi connectivity index (χ2v) is 4.14. The van der Waals surface area contributed by atoms with E-state index in [1.807, 2.05) is 18.2 Å². The van der Waals surface area contributed by atoms with Gasteiger partial charge in [0.05, 0.1) is 0 Å². The molecule has 2 rings (SSSR count). The van der Waals surface area contributed by atoms with E-state index in [0.29, 0.717) is 6.04 Å². The monoisotopic (exact) mass is 229 g/mol. The van der Waals surface area contributed by atoms with Gasteiger partial charge in [0.2, 0.25) is 0 Å². The van der Waals surface area contributed by atoms with Crippen molar-refractivity contribution >= 4 is 0 Å². The molecule has 1 N–H and O–H groups in total. The van der Waals surface area contributed by atoms with Gasteiger partial charge in [-0.15, -0.1) is 0 Å². The highest BCUT2D eigenvalue weighted by atomic mass is 19.1. The van der Waals surface area contributed by atoms with Crippen LogP contribution in [0.15, 0.2) is 54.6 Å². The molecule has 0 fully saturated rings. The van der Waals surface area contributed by atoms with Crippen molar-refractivity contribution in [2.45, 2.75) is 19.5 Å². The van der Waals surface area contributed by atoms with Crippen LogP contribution in [0, 0.1) is 5.82 Å². The average Bonchev–Trinajstić information content (AvgIpc) is 2.39. The second-order valence-electron chi connectivity index (χ2n) is 4.14. The van der Waals surface area contributed by atoms with E-state index in [-0.39, 0.29) is 5.82 Å². The van der Waals surface area contributed by atoms with Gasteiger partial charge in [-0.2, -0.15) is 0 Å². The number of benzene rings is 2. The molecule has 17 heavy (non-hydrogen) atoms. The maximum absolute atomic E-state index is 12.7. The molecule has 0 aliphatic rings. The predicted octanol–water partition coefficient (Wildman–Crippen LogP) is 3.68. The van der Waals surface area contributed by atoms with E-state index in [0.717, 1.165) is 12.1 Å². The third-order valence-electron chi connectivity index (χ3n) is 2.83. The van der Waals surface area contributed by atoms with Crippen LogP contribution in [0.2, 0.25) is 0 Å². The topological polar surface area (TPSA) is 12.0 Å². The van der Waals surface area contributed by atoms with Crippen LogP contribution >= 0.6 is 0 Å². The highest BCUT2D eigenvalue weighted by molar-refractivity contribution is 5.19. The van der Waals surface area contributed by atoms with Crippen molar-refractivity contribution in [2.24, 2.45) is 0 Å². The van der Waals surface area contributed by atoms with Crippen LogP contribution in [-0.4, -0.2) is 0 Å². The van der Waals surface area contributed by atoms with Crippen LogP contribution in [0.5, 0.6) is 0 Å². The molecule has 0 saturated carbocycles. The Kier molecular flexibility index (Phi) is 3.89. The summed E-state index contributed by atoms with van der Waals surface area (Å²) >= 11 is 0. The predicted molar refractivity (Wildman–Crippen MR) is 68.1 cm³/mol. The summed E-state index contributed by atoms with van der Waals surface area (Å²) in [4.78, 5) is 0. The fourth-order valence-electron chi connectivity index (χ4n) is 1.73. The lowest BCUT2D eigenvalue weighted by Gasteiger charge is -2.14. The van der Waals surface area contributed by atoms with Crippen LogP contribution in [0.25, 0.3) is 0 Å². The lowest BCUT2D eigenvalue weighted by Crippen LogP contribution is -2.17. The van der Waals surface area contributed by atoms with Crippen LogP contribution in [0.3, 0.4) is 0 Å². The van der Waals surface area contributed by atoms with Crippen molar-refractivity contribution in [3.05, 3.63) is 71.5 Å². The summed E-state index contributed by atoms with van der Waals surface area (Å²) in [6, 6.07) is 17.2. The van der Waals surface area contributed by atoms with Crippen molar-refractivity contribution < 1.29 is 4.39 Å². The molecule has 0 aliphatic carbocycles. The van der Waals surface area contributed by atoms with Gasteiger partial charge in [-0.25, -0.2) is 4.39 Å². The third-order valence-corrected chi connectivity index (χ3v) is 2.83. The largest absolute Gasteiger partial charge is 0.306 e. The zero-order chi connectivity index (χ0) is 12.1. The van der Waals surface area contributed by atoms with Gasteiger partial charge in [0.15, 0.2) is 0 Å². The molecule has 2 aromatic rings. The number of hydrogen-bond donors (Lipinski definition) is 1. The van der Waals surface area contributed by atoms with E-state index in [4.69, 9.17) is 0 Å². The average molecular weight is 229 g/mol. The third kappa shape index (κ3) is 3.40. The fraction of sp³-hybridized carbons (Fsp3) is 0.200. The highest BCUT2D eigenvalue weighted by Crippen LogP contribution is 2.12. The number of halogens is 1. The Hall–Kier alpha value is -1.67.